The molecule has 0 N–H and O–H groups in total. The zero-order valence-electron chi connectivity index (χ0n) is 11.8. The minimum Gasteiger partial charge on any atom is -0.378 e. The summed E-state index contributed by atoms with van der Waals surface area (Å²) in [7, 11) is 0. The summed E-state index contributed by atoms with van der Waals surface area (Å²) < 4.78 is 8.89. The number of rotatable bonds is 3. The molecule has 0 aromatic carbocycles. The third-order valence-electron chi connectivity index (χ3n) is 3.36. The number of nitrogens with zero attached hydrogens (tertiary/aromatic N) is 8. The second-order valence-corrected chi connectivity index (χ2v) is 4.77. The Bertz CT molecular complexity index is 681. The lowest BCUT2D eigenvalue weighted by Gasteiger charge is -2.27. The number of hydrogen-bond acceptors (Lipinski definition) is 7. The molecule has 3 aromatic heterocycles. The topological polar surface area (TPSA) is 86.8 Å². The van der Waals surface area contributed by atoms with E-state index in [-0.39, 0.29) is 0 Å². The number of anilines is 1. The number of aromatic nitrogens is 7. The molecule has 1 aliphatic rings. The van der Waals surface area contributed by atoms with Gasteiger partial charge in [-0.2, -0.15) is 15.0 Å². The van der Waals surface area contributed by atoms with Crippen molar-refractivity contribution in [1.82, 2.24) is 34.1 Å². The van der Waals surface area contributed by atoms with E-state index in [0.29, 0.717) is 31.1 Å². The fourth-order valence-corrected chi connectivity index (χ4v) is 2.23. The van der Waals surface area contributed by atoms with Crippen LogP contribution < -0.4 is 4.90 Å². The molecule has 9 nitrogen and oxygen atoms in total. The van der Waals surface area contributed by atoms with Crippen molar-refractivity contribution < 1.29 is 4.74 Å². The van der Waals surface area contributed by atoms with Crippen molar-refractivity contribution in [3.05, 3.63) is 37.4 Å². The largest absolute Gasteiger partial charge is 0.378 e. The maximum absolute atomic E-state index is 5.38. The summed E-state index contributed by atoms with van der Waals surface area (Å²) in [6.45, 7) is 2.87. The smallest absolute Gasteiger partial charge is 0.241 e. The average Bonchev–Trinajstić information content (AvgIpc) is 3.29. The summed E-state index contributed by atoms with van der Waals surface area (Å²) in [4.78, 5) is 23.7. The van der Waals surface area contributed by atoms with Crippen LogP contribution in [0, 0.1) is 0 Å². The van der Waals surface area contributed by atoms with Gasteiger partial charge in [-0.1, -0.05) is 0 Å². The molecule has 4 heterocycles. The number of ether oxygens (including phenoxy) is 1. The first-order valence-corrected chi connectivity index (χ1v) is 6.95. The Balaban J connectivity index is 1.80. The predicted octanol–water partition coefficient (Wildman–Crippen LogP) is 0.0796. The molecule has 1 saturated heterocycles. The monoisotopic (exact) mass is 298 g/mol. The minimum atomic E-state index is 0.526. The lowest BCUT2D eigenvalue weighted by Crippen LogP contribution is -2.37. The van der Waals surface area contributed by atoms with Crippen molar-refractivity contribution in [3.63, 3.8) is 0 Å². The number of morpholine rings is 1. The SMILES string of the molecule is c1cn(-c2nc(N3CCOCC3)nc(-n3ccnc3)n2)cn1. The van der Waals surface area contributed by atoms with E-state index >= 15 is 0 Å². The van der Waals surface area contributed by atoms with E-state index in [0.717, 1.165) is 13.1 Å². The molecule has 0 bridgehead atoms. The van der Waals surface area contributed by atoms with Gasteiger partial charge in [-0.05, 0) is 0 Å². The molecule has 4 rings (SSSR count). The molecular weight excluding hydrogens is 284 g/mol. The fourth-order valence-electron chi connectivity index (χ4n) is 2.23. The van der Waals surface area contributed by atoms with Crippen LogP contribution in [0.4, 0.5) is 5.95 Å². The molecule has 1 fully saturated rings. The third kappa shape index (κ3) is 2.42. The first-order valence-electron chi connectivity index (χ1n) is 6.95. The van der Waals surface area contributed by atoms with Crippen LogP contribution in [0.15, 0.2) is 37.4 Å². The van der Waals surface area contributed by atoms with E-state index < -0.39 is 0 Å². The van der Waals surface area contributed by atoms with Crippen LogP contribution in [0.3, 0.4) is 0 Å². The van der Waals surface area contributed by atoms with Gasteiger partial charge in [0.25, 0.3) is 0 Å². The van der Waals surface area contributed by atoms with Crippen molar-refractivity contribution in [2.45, 2.75) is 0 Å². The summed E-state index contributed by atoms with van der Waals surface area (Å²) in [6, 6.07) is 0. The van der Waals surface area contributed by atoms with E-state index in [4.69, 9.17) is 4.74 Å². The first-order chi connectivity index (χ1) is 10.9. The average molecular weight is 298 g/mol. The highest BCUT2D eigenvalue weighted by atomic mass is 16.5. The second-order valence-electron chi connectivity index (χ2n) is 4.77. The molecule has 0 unspecified atom stereocenters. The van der Waals surface area contributed by atoms with Gasteiger partial charge in [0.2, 0.25) is 17.8 Å². The molecule has 0 radical (unpaired) electrons. The van der Waals surface area contributed by atoms with Crippen molar-refractivity contribution >= 4 is 5.95 Å². The highest BCUT2D eigenvalue weighted by Gasteiger charge is 2.17. The molecule has 0 atom stereocenters. The lowest BCUT2D eigenvalue weighted by atomic mass is 10.4. The fraction of sp³-hybridized carbons (Fsp3) is 0.308. The van der Waals surface area contributed by atoms with Gasteiger partial charge in [0.1, 0.15) is 12.7 Å². The minimum absolute atomic E-state index is 0.526. The highest BCUT2D eigenvalue weighted by Crippen LogP contribution is 2.14. The van der Waals surface area contributed by atoms with Crippen LogP contribution in [-0.2, 0) is 4.74 Å². The quantitative estimate of drug-likeness (QED) is 0.676. The van der Waals surface area contributed by atoms with E-state index in [1.54, 1.807) is 46.6 Å². The van der Waals surface area contributed by atoms with E-state index in [9.17, 15) is 0 Å². The number of hydrogen-bond donors (Lipinski definition) is 0. The summed E-state index contributed by atoms with van der Waals surface area (Å²) in [5.41, 5.74) is 0. The zero-order chi connectivity index (χ0) is 14.8. The predicted molar refractivity (Wildman–Crippen MR) is 77.1 cm³/mol. The van der Waals surface area contributed by atoms with Crippen LogP contribution in [0.25, 0.3) is 11.9 Å². The van der Waals surface area contributed by atoms with Gasteiger partial charge in [0, 0.05) is 37.9 Å². The first kappa shape index (κ1) is 12.9. The van der Waals surface area contributed by atoms with Crippen molar-refractivity contribution in [1.29, 1.82) is 0 Å². The summed E-state index contributed by atoms with van der Waals surface area (Å²) >= 11 is 0. The molecule has 0 saturated carbocycles. The van der Waals surface area contributed by atoms with E-state index in [2.05, 4.69) is 29.8 Å². The second kappa shape index (κ2) is 5.53. The van der Waals surface area contributed by atoms with Gasteiger partial charge in [-0.3, -0.25) is 9.13 Å². The Morgan fingerprint density at radius 1 is 0.773 bits per heavy atom. The Morgan fingerprint density at radius 3 is 1.82 bits per heavy atom. The van der Waals surface area contributed by atoms with Crippen LogP contribution in [0.1, 0.15) is 0 Å². The van der Waals surface area contributed by atoms with E-state index in [1.807, 2.05) is 0 Å². The van der Waals surface area contributed by atoms with Crippen molar-refractivity contribution in [2.24, 2.45) is 0 Å². The zero-order valence-corrected chi connectivity index (χ0v) is 11.8. The summed E-state index contributed by atoms with van der Waals surface area (Å²) in [5.74, 6) is 1.68. The Hall–Kier alpha value is -2.81. The molecule has 0 aliphatic carbocycles. The van der Waals surface area contributed by atoms with Gasteiger partial charge in [-0.15, -0.1) is 0 Å². The molecule has 0 amide bonds. The van der Waals surface area contributed by atoms with Crippen LogP contribution in [0.5, 0.6) is 0 Å². The number of imidazole rings is 2. The van der Waals surface area contributed by atoms with Gasteiger partial charge in [-0.25, -0.2) is 9.97 Å². The van der Waals surface area contributed by atoms with Crippen LogP contribution >= 0.6 is 0 Å². The maximum atomic E-state index is 5.38. The van der Waals surface area contributed by atoms with Gasteiger partial charge >= 0.3 is 0 Å². The van der Waals surface area contributed by atoms with E-state index in [1.165, 1.54) is 0 Å². The van der Waals surface area contributed by atoms with Crippen LogP contribution in [0.2, 0.25) is 0 Å². The van der Waals surface area contributed by atoms with Gasteiger partial charge < -0.3 is 9.64 Å². The Labute approximate surface area is 126 Å². The maximum Gasteiger partial charge on any atom is 0.241 e. The summed E-state index contributed by atoms with van der Waals surface area (Å²) in [6.07, 6.45) is 10.3. The molecule has 0 spiro atoms. The Morgan fingerprint density at radius 2 is 1.32 bits per heavy atom. The van der Waals surface area contributed by atoms with Gasteiger partial charge in [0.15, 0.2) is 0 Å². The third-order valence-corrected chi connectivity index (χ3v) is 3.36. The van der Waals surface area contributed by atoms with Crippen molar-refractivity contribution in [3.8, 4) is 11.9 Å². The molecule has 22 heavy (non-hydrogen) atoms. The molecule has 9 heteroatoms. The van der Waals surface area contributed by atoms with Crippen molar-refractivity contribution in [2.75, 3.05) is 31.2 Å². The normalized spacial score (nSPS) is 15.2. The molecule has 3 aromatic rings. The Kier molecular flexibility index (Phi) is 3.24. The lowest BCUT2D eigenvalue weighted by molar-refractivity contribution is 0.122. The highest BCUT2D eigenvalue weighted by molar-refractivity contribution is 5.36. The molecular formula is C13H14N8O. The molecule has 1 aliphatic heterocycles. The molecule has 112 valence electrons. The van der Waals surface area contributed by atoms with Gasteiger partial charge in [0.05, 0.1) is 13.2 Å². The standard InChI is InChI=1S/C13H14N8O/c1-3-20(9-14-1)12-16-11(19-5-7-22-8-6-19)17-13(18-12)21-4-2-15-10-21/h1-4,9-10H,5-8H2. The van der Waals surface area contributed by atoms with Crippen LogP contribution in [-0.4, -0.2) is 60.4 Å². The summed E-state index contributed by atoms with van der Waals surface area (Å²) in [5, 5.41) is 0.